The van der Waals surface area contributed by atoms with Crippen LogP contribution < -0.4 is 5.32 Å². The second kappa shape index (κ2) is 3.59. The summed E-state index contributed by atoms with van der Waals surface area (Å²) in [5.41, 5.74) is 0. The van der Waals surface area contributed by atoms with Crippen molar-refractivity contribution >= 4 is 11.9 Å². The Bertz CT molecular complexity index is 264. The zero-order valence-electron chi connectivity index (χ0n) is 8.29. The third-order valence-corrected chi connectivity index (χ3v) is 3.06. The van der Waals surface area contributed by atoms with Crippen molar-refractivity contribution in [1.82, 2.24) is 5.32 Å². The first kappa shape index (κ1) is 9.49. The predicted molar refractivity (Wildman–Crippen MR) is 49.4 cm³/mol. The van der Waals surface area contributed by atoms with Gasteiger partial charge in [-0.2, -0.15) is 0 Å². The highest BCUT2D eigenvalue weighted by Crippen LogP contribution is 2.32. The molecule has 0 spiro atoms. The van der Waals surface area contributed by atoms with Gasteiger partial charge in [-0.25, -0.2) is 0 Å². The molecule has 2 fully saturated rings. The van der Waals surface area contributed by atoms with E-state index in [1.807, 2.05) is 0 Å². The number of ether oxygens (including phenoxy) is 1. The first-order valence-electron chi connectivity index (χ1n) is 5.13. The van der Waals surface area contributed by atoms with E-state index in [-0.39, 0.29) is 24.0 Å². The summed E-state index contributed by atoms with van der Waals surface area (Å²) in [5, 5.41) is 2.90. The van der Waals surface area contributed by atoms with E-state index < -0.39 is 0 Å². The summed E-state index contributed by atoms with van der Waals surface area (Å²) in [4.78, 5) is 22.0. The Hall–Kier alpha value is -1.06. The lowest BCUT2D eigenvalue weighted by atomic mass is 9.83. The second-order valence-electron chi connectivity index (χ2n) is 4.14. The van der Waals surface area contributed by atoms with Crippen molar-refractivity contribution in [2.45, 2.75) is 44.8 Å². The monoisotopic (exact) mass is 197 g/mol. The van der Waals surface area contributed by atoms with Crippen LogP contribution in [0, 0.1) is 5.92 Å². The molecule has 4 heteroatoms. The van der Waals surface area contributed by atoms with Crippen LogP contribution in [-0.2, 0) is 14.3 Å². The highest BCUT2D eigenvalue weighted by molar-refractivity contribution is 5.79. The number of hydrogen-bond acceptors (Lipinski definition) is 3. The Morgan fingerprint density at radius 2 is 2.29 bits per heavy atom. The van der Waals surface area contributed by atoms with Gasteiger partial charge in [-0.15, -0.1) is 0 Å². The summed E-state index contributed by atoms with van der Waals surface area (Å²) in [6.45, 7) is 1.42. The van der Waals surface area contributed by atoms with Crippen LogP contribution in [0.25, 0.3) is 0 Å². The van der Waals surface area contributed by atoms with Crippen LogP contribution in [-0.4, -0.2) is 24.0 Å². The Balaban J connectivity index is 2.03. The number of rotatable bonds is 1. The molecule has 0 aromatic heterocycles. The van der Waals surface area contributed by atoms with Gasteiger partial charge in [0.1, 0.15) is 6.10 Å². The van der Waals surface area contributed by atoms with Gasteiger partial charge in [-0.1, -0.05) is 0 Å². The Morgan fingerprint density at radius 1 is 1.50 bits per heavy atom. The average molecular weight is 197 g/mol. The molecule has 78 valence electrons. The van der Waals surface area contributed by atoms with Crippen LogP contribution in [0.3, 0.4) is 0 Å². The van der Waals surface area contributed by atoms with Gasteiger partial charge in [-0.05, 0) is 25.2 Å². The number of hydrogen-bond donors (Lipinski definition) is 1. The average Bonchev–Trinajstić information content (AvgIpc) is 2.45. The van der Waals surface area contributed by atoms with Gasteiger partial charge in [0.2, 0.25) is 5.91 Å². The van der Waals surface area contributed by atoms with Gasteiger partial charge >= 0.3 is 5.97 Å². The molecule has 1 aliphatic carbocycles. The van der Waals surface area contributed by atoms with Gasteiger partial charge in [0.15, 0.2) is 0 Å². The van der Waals surface area contributed by atoms with E-state index in [9.17, 15) is 9.59 Å². The molecular weight excluding hydrogens is 182 g/mol. The van der Waals surface area contributed by atoms with Crippen molar-refractivity contribution in [2.75, 3.05) is 0 Å². The molecule has 0 bridgehead atoms. The standard InChI is InChI=1S/C10H15NO3/c1-6(12)14-8-4-2-3-7-5-9(13)11-10(7)8/h7-8,10H,2-5H2,1H3,(H,11,13)/t7-,8+,10+/m0/s1. The largest absolute Gasteiger partial charge is 0.460 e. The van der Waals surface area contributed by atoms with Crippen molar-refractivity contribution in [2.24, 2.45) is 5.92 Å². The predicted octanol–water partition coefficient (Wildman–Crippen LogP) is 0.607. The summed E-state index contributed by atoms with van der Waals surface area (Å²) in [5.74, 6) is 0.219. The minimum absolute atomic E-state index is 0.0696. The van der Waals surface area contributed by atoms with E-state index in [4.69, 9.17) is 4.74 Å². The Kier molecular flexibility index (Phi) is 2.44. The number of amides is 1. The smallest absolute Gasteiger partial charge is 0.302 e. The third kappa shape index (κ3) is 1.74. The minimum atomic E-state index is -0.253. The SMILES string of the molecule is CC(=O)O[C@@H]1CCC[C@H]2CC(=O)N[C@H]21. The molecule has 1 amide bonds. The topological polar surface area (TPSA) is 55.4 Å². The van der Waals surface area contributed by atoms with Crippen molar-refractivity contribution in [1.29, 1.82) is 0 Å². The number of fused-ring (bicyclic) bond motifs is 1. The third-order valence-electron chi connectivity index (χ3n) is 3.06. The van der Waals surface area contributed by atoms with Gasteiger partial charge in [0.05, 0.1) is 6.04 Å². The van der Waals surface area contributed by atoms with Crippen molar-refractivity contribution in [3.05, 3.63) is 0 Å². The highest BCUT2D eigenvalue weighted by atomic mass is 16.5. The van der Waals surface area contributed by atoms with Crippen molar-refractivity contribution in [3.63, 3.8) is 0 Å². The molecule has 14 heavy (non-hydrogen) atoms. The first-order chi connectivity index (χ1) is 6.66. The van der Waals surface area contributed by atoms with Crippen LogP contribution in [0.1, 0.15) is 32.6 Å². The van der Waals surface area contributed by atoms with Crippen LogP contribution in [0.5, 0.6) is 0 Å². The Labute approximate surface area is 83.0 Å². The molecule has 1 N–H and O–H groups in total. The van der Waals surface area contributed by atoms with E-state index in [0.29, 0.717) is 12.3 Å². The van der Waals surface area contributed by atoms with Crippen LogP contribution in [0.15, 0.2) is 0 Å². The van der Waals surface area contributed by atoms with E-state index in [0.717, 1.165) is 19.3 Å². The fraction of sp³-hybridized carbons (Fsp3) is 0.800. The maximum absolute atomic E-state index is 11.2. The van der Waals surface area contributed by atoms with E-state index in [1.165, 1.54) is 6.92 Å². The number of nitrogens with one attached hydrogen (secondary N) is 1. The second-order valence-corrected chi connectivity index (χ2v) is 4.14. The lowest BCUT2D eigenvalue weighted by Crippen LogP contribution is -2.45. The molecule has 1 aliphatic heterocycles. The summed E-state index contributed by atoms with van der Waals surface area (Å²) >= 11 is 0. The summed E-state index contributed by atoms with van der Waals surface area (Å²) < 4.78 is 5.20. The summed E-state index contributed by atoms with van der Waals surface area (Å²) in [7, 11) is 0. The zero-order valence-corrected chi connectivity index (χ0v) is 8.29. The summed E-state index contributed by atoms with van der Waals surface area (Å²) in [6.07, 6.45) is 3.50. The Morgan fingerprint density at radius 3 is 3.00 bits per heavy atom. The van der Waals surface area contributed by atoms with Gasteiger partial charge in [-0.3, -0.25) is 9.59 Å². The van der Waals surface area contributed by atoms with E-state index in [2.05, 4.69) is 5.32 Å². The molecule has 1 heterocycles. The van der Waals surface area contributed by atoms with Crippen LogP contribution in [0.4, 0.5) is 0 Å². The van der Waals surface area contributed by atoms with Gasteiger partial charge in [0.25, 0.3) is 0 Å². The van der Waals surface area contributed by atoms with E-state index in [1.54, 1.807) is 0 Å². The molecule has 0 aromatic rings. The fourth-order valence-corrected chi connectivity index (χ4v) is 2.51. The lowest BCUT2D eigenvalue weighted by Gasteiger charge is -2.32. The van der Waals surface area contributed by atoms with Crippen LogP contribution >= 0.6 is 0 Å². The molecule has 0 radical (unpaired) electrons. The molecule has 0 aromatic carbocycles. The fourth-order valence-electron chi connectivity index (χ4n) is 2.51. The highest BCUT2D eigenvalue weighted by Gasteiger charge is 2.41. The lowest BCUT2D eigenvalue weighted by molar-refractivity contribution is -0.150. The molecule has 2 rings (SSSR count). The molecule has 1 saturated carbocycles. The molecule has 0 unspecified atom stereocenters. The molecule has 3 atom stereocenters. The molecule has 4 nitrogen and oxygen atoms in total. The number of carbonyl (C=O) groups is 2. The van der Waals surface area contributed by atoms with Gasteiger partial charge in [0, 0.05) is 13.3 Å². The summed E-state index contributed by atoms with van der Waals surface area (Å²) in [6, 6.07) is 0.0696. The number of esters is 1. The van der Waals surface area contributed by atoms with Crippen LogP contribution in [0.2, 0.25) is 0 Å². The van der Waals surface area contributed by atoms with Crippen molar-refractivity contribution < 1.29 is 14.3 Å². The van der Waals surface area contributed by atoms with Gasteiger partial charge < -0.3 is 10.1 Å². The normalized spacial score (nSPS) is 36.1. The number of carbonyl (C=O) groups excluding carboxylic acids is 2. The maximum atomic E-state index is 11.2. The maximum Gasteiger partial charge on any atom is 0.302 e. The zero-order chi connectivity index (χ0) is 10.1. The molecular formula is C10H15NO3. The first-order valence-corrected chi connectivity index (χ1v) is 5.13. The molecule has 2 aliphatic rings. The van der Waals surface area contributed by atoms with E-state index >= 15 is 0 Å². The minimum Gasteiger partial charge on any atom is -0.460 e. The molecule has 1 saturated heterocycles. The van der Waals surface area contributed by atoms with Crippen molar-refractivity contribution in [3.8, 4) is 0 Å². The quantitative estimate of drug-likeness (QED) is 0.626.